The van der Waals surface area contributed by atoms with E-state index in [1.54, 1.807) is 17.5 Å². The van der Waals surface area contributed by atoms with Crippen molar-refractivity contribution < 1.29 is 5.11 Å². The van der Waals surface area contributed by atoms with E-state index >= 15 is 0 Å². The third kappa shape index (κ3) is 2.54. The number of nitrogens with zero attached hydrogens (tertiary/aromatic N) is 2. The van der Waals surface area contributed by atoms with E-state index in [4.69, 9.17) is 5.11 Å². The first-order valence-corrected chi connectivity index (χ1v) is 6.76. The van der Waals surface area contributed by atoms with Crippen molar-refractivity contribution in [3.63, 3.8) is 0 Å². The minimum absolute atomic E-state index is 0.0716. The van der Waals surface area contributed by atoms with Crippen LogP contribution in [0.25, 0.3) is 21.1 Å². The molecule has 0 spiro atoms. The minimum Gasteiger partial charge on any atom is -0.392 e. The Morgan fingerprint density at radius 2 is 1.84 bits per heavy atom. The van der Waals surface area contributed by atoms with Crippen LogP contribution < -0.4 is 0 Å². The van der Waals surface area contributed by atoms with Crippen molar-refractivity contribution in [1.29, 1.82) is 0 Å². The van der Waals surface area contributed by atoms with Gasteiger partial charge in [-0.15, -0.1) is 11.3 Å². The maximum Gasteiger partial charge on any atom is 0.142 e. The summed E-state index contributed by atoms with van der Waals surface area (Å²) in [5, 5.41) is 9.95. The molecule has 0 aliphatic carbocycles. The first-order chi connectivity index (χ1) is 9.36. The van der Waals surface area contributed by atoms with E-state index in [1.165, 1.54) is 0 Å². The van der Waals surface area contributed by atoms with E-state index in [9.17, 15) is 0 Å². The van der Waals surface area contributed by atoms with Gasteiger partial charge in [0.15, 0.2) is 0 Å². The van der Waals surface area contributed by atoms with Crippen LogP contribution in [0.1, 0.15) is 5.56 Å². The molecular weight excluding hydrogens is 256 g/mol. The molecule has 0 radical (unpaired) electrons. The predicted octanol–water partition coefficient (Wildman–Crippen LogP) is 3.36. The molecule has 3 aromatic rings. The molecule has 0 atom stereocenters. The standard InChI is InChI=1S/C15H12N2OS/c18-10-11-4-6-12(7-5-11)14-9-17-15(19-14)13-3-1-2-8-16-13/h1-9,18H,10H2. The molecule has 2 aromatic heterocycles. The van der Waals surface area contributed by atoms with Crippen LogP contribution in [0.2, 0.25) is 0 Å². The third-order valence-electron chi connectivity index (χ3n) is 2.81. The molecule has 0 fully saturated rings. The molecule has 0 bridgehead atoms. The minimum atomic E-state index is 0.0716. The molecule has 0 aliphatic heterocycles. The Balaban J connectivity index is 1.92. The van der Waals surface area contributed by atoms with Crippen LogP contribution in [0.4, 0.5) is 0 Å². The normalized spacial score (nSPS) is 10.6. The number of aliphatic hydroxyl groups is 1. The fourth-order valence-electron chi connectivity index (χ4n) is 1.79. The smallest absolute Gasteiger partial charge is 0.142 e. The monoisotopic (exact) mass is 268 g/mol. The molecule has 1 aromatic carbocycles. The largest absolute Gasteiger partial charge is 0.392 e. The summed E-state index contributed by atoms with van der Waals surface area (Å²) in [6.45, 7) is 0.0716. The number of aromatic nitrogens is 2. The molecule has 19 heavy (non-hydrogen) atoms. The fraction of sp³-hybridized carbons (Fsp3) is 0.0667. The van der Waals surface area contributed by atoms with E-state index in [0.29, 0.717) is 0 Å². The molecule has 3 nitrogen and oxygen atoms in total. The summed E-state index contributed by atoms with van der Waals surface area (Å²) >= 11 is 1.62. The van der Waals surface area contributed by atoms with Crippen LogP contribution in [0.3, 0.4) is 0 Å². The highest BCUT2D eigenvalue weighted by atomic mass is 32.1. The van der Waals surface area contributed by atoms with Crippen molar-refractivity contribution >= 4 is 11.3 Å². The number of hydrogen-bond donors (Lipinski definition) is 1. The Bertz CT molecular complexity index is 662. The van der Waals surface area contributed by atoms with Crippen LogP contribution in [0, 0.1) is 0 Å². The second-order valence-corrected chi connectivity index (χ2v) is 5.13. The van der Waals surface area contributed by atoms with Crippen LogP contribution in [-0.4, -0.2) is 15.1 Å². The predicted molar refractivity (Wildman–Crippen MR) is 76.7 cm³/mol. The summed E-state index contributed by atoms with van der Waals surface area (Å²) in [6, 6.07) is 13.7. The van der Waals surface area contributed by atoms with Gasteiger partial charge in [0.2, 0.25) is 0 Å². The molecule has 0 saturated carbocycles. The van der Waals surface area contributed by atoms with Gasteiger partial charge in [-0.3, -0.25) is 4.98 Å². The SMILES string of the molecule is OCc1ccc(-c2cnc(-c3ccccn3)s2)cc1. The number of thiazole rings is 1. The third-order valence-corrected chi connectivity index (χ3v) is 3.88. The average Bonchev–Trinajstić information content (AvgIpc) is 2.98. The summed E-state index contributed by atoms with van der Waals surface area (Å²) in [4.78, 5) is 9.81. The van der Waals surface area contributed by atoms with Gasteiger partial charge in [-0.2, -0.15) is 0 Å². The average molecular weight is 268 g/mol. The topological polar surface area (TPSA) is 46.0 Å². The number of benzene rings is 1. The summed E-state index contributed by atoms with van der Waals surface area (Å²) in [6.07, 6.45) is 3.63. The fourth-order valence-corrected chi connectivity index (χ4v) is 2.69. The zero-order valence-corrected chi connectivity index (χ0v) is 11.0. The molecule has 1 N–H and O–H groups in total. The maximum atomic E-state index is 9.03. The summed E-state index contributed by atoms with van der Waals surface area (Å²) in [7, 11) is 0. The van der Waals surface area contributed by atoms with Gasteiger partial charge in [0.05, 0.1) is 17.2 Å². The van der Waals surface area contributed by atoms with E-state index in [0.717, 1.165) is 26.7 Å². The number of hydrogen-bond acceptors (Lipinski definition) is 4. The van der Waals surface area contributed by atoms with Gasteiger partial charge in [-0.05, 0) is 23.3 Å². The van der Waals surface area contributed by atoms with Crippen molar-refractivity contribution in [2.75, 3.05) is 0 Å². The van der Waals surface area contributed by atoms with Crippen molar-refractivity contribution in [1.82, 2.24) is 9.97 Å². The van der Waals surface area contributed by atoms with Gasteiger partial charge in [0.1, 0.15) is 5.01 Å². The first-order valence-electron chi connectivity index (χ1n) is 5.94. The Morgan fingerprint density at radius 1 is 1.00 bits per heavy atom. The highest BCUT2D eigenvalue weighted by Gasteiger charge is 2.07. The maximum absolute atomic E-state index is 9.03. The molecule has 0 unspecified atom stereocenters. The van der Waals surface area contributed by atoms with Crippen LogP contribution in [-0.2, 0) is 6.61 Å². The quantitative estimate of drug-likeness (QED) is 0.792. The lowest BCUT2D eigenvalue weighted by molar-refractivity contribution is 0.282. The van der Waals surface area contributed by atoms with E-state index < -0.39 is 0 Å². The van der Waals surface area contributed by atoms with Crippen LogP contribution >= 0.6 is 11.3 Å². The Labute approximate surface area is 115 Å². The van der Waals surface area contributed by atoms with Gasteiger partial charge in [0, 0.05) is 12.4 Å². The second-order valence-electron chi connectivity index (χ2n) is 4.10. The Kier molecular flexibility index (Phi) is 3.35. The van der Waals surface area contributed by atoms with Gasteiger partial charge in [-0.1, -0.05) is 30.3 Å². The van der Waals surface area contributed by atoms with Gasteiger partial charge >= 0.3 is 0 Å². The highest BCUT2D eigenvalue weighted by molar-refractivity contribution is 7.18. The van der Waals surface area contributed by atoms with Gasteiger partial charge < -0.3 is 5.11 Å². The number of aliphatic hydroxyl groups excluding tert-OH is 1. The molecule has 0 aliphatic rings. The van der Waals surface area contributed by atoms with E-state index in [2.05, 4.69) is 9.97 Å². The van der Waals surface area contributed by atoms with E-state index in [-0.39, 0.29) is 6.61 Å². The molecule has 94 valence electrons. The molecule has 0 amide bonds. The Hall–Kier alpha value is -2.04. The lowest BCUT2D eigenvalue weighted by Crippen LogP contribution is -1.81. The second kappa shape index (κ2) is 5.30. The summed E-state index contributed by atoms with van der Waals surface area (Å²) < 4.78 is 0. The zero-order chi connectivity index (χ0) is 13.1. The number of pyridine rings is 1. The van der Waals surface area contributed by atoms with Gasteiger partial charge in [0.25, 0.3) is 0 Å². The van der Waals surface area contributed by atoms with Gasteiger partial charge in [-0.25, -0.2) is 4.98 Å². The molecule has 3 rings (SSSR count). The van der Waals surface area contributed by atoms with Crippen LogP contribution in [0.15, 0.2) is 54.9 Å². The van der Waals surface area contributed by atoms with Crippen molar-refractivity contribution in [3.05, 3.63) is 60.4 Å². The highest BCUT2D eigenvalue weighted by Crippen LogP contribution is 2.31. The van der Waals surface area contributed by atoms with Crippen molar-refractivity contribution in [2.24, 2.45) is 0 Å². The van der Waals surface area contributed by atoms with Crippen LogP contribution in [0.5, 0.6) is 0 Å². The molecule has 0 saturated heterocycles. The number of rotatable bonds is 3. The molecular formula is C15H12N2OS. The summed E-state index contributed by atoms with van der Waals surface area (Å²) in [5.41, 5.74) is 2.92. The van der Waals surface area contributed by atoms with Crippen molar-refractivity contribution in [3.8, 4) is 21.1 Å². The van der Waals surface area contributed by atoms with E-state index in [1.807, 2.05) is 48.7 Å². The van der Waals surface area contributed by atoms with Crippen molar-refractivity contribution in [2.45, 2.75) is 6.61 Å². The first kappa shape index (κ1) is 12.0. The summed E-state index contributed by atoms with van der Waals surface area (Å²) in [5.74, 6) is 0. The molecule has 4 heteroatoms. The lowest BCUT2D eigenvalue weighted by atomic mass is 10.1. The zero-order valence-electron chi connectivity index (χ0n) is 10.2. The lowest BCUT2D eigenvalue weighted by Gasteiger charge is -1.98. The Morgan fingerprint density at radius 3 is 2.53 bits per heavy atom. The molecule has 2 heterocycles.